The van der Waals surface area contributed by atoms with Crippen LogP contribution >= 0.6 is 0 Å². The quantitative estimate of drug-likeness (QED) is 0.855. The highest BCUT2D eigenvalue weighted by atomic mass is 32.2. The molecule has 1 aliphatic rings. The minimum absolute atomic E-state index is 0.0594. The molecule has 2 N–H and O–H groups in total. The molecule has 0 bridgehead atoms. The number of hydrogen-bond acceptors (Lipinski definition) is 3. The molecular formula is C12H18N2O4S. The van der Waals surface area contributed by atoms with E-state index in [1.165, 1.54) is 11.2 Å². The van der Waals surface area contributed by atoms with Crippen LogP contribution < -0.4 is 0 Å². The lowest BCUT2D eigenvalue weighted by atomic mass is 10.2. The number of carbonyl (C=O) groups is 1. The van der Waals surface area contributed by atoms with Crippen LogP contribution in [0, 0.1) is 19.8 Å². The van der Waals surface area contributed by atoms with E-state index in [9.17, 15) is 13.2 Å². The third-order valence-corrected chi connectivity index (χ3v) is 5.56. The monoisotopic (exact) mass is 286 g/mol. The van der Waals surface area contributed by atoms with E-state index in [1.54, 1.807) is 14.0 Å². The summed E-state index contributed by atoms with van der Waals surface area (Å²) in [5, 5.41) is 9.02. The second kappa shape index (κ2) is 4.64. The maximum absolute atomic E-state index is 12.5. The van der Waals surface area contributed by atoms with Crippen molar-refractivity contribution in [2.45, 2.75) is 31.6 Å². The molecule has 19 heavy (non-hydrogen) atoms. The Kier molecular flexibility index (Phi) is 3.44. The SMILES string of the molecule is Cc1[nH]c(C(=O)O)c(C)c1S(=O)(=O)N(C)CC1CC1. The van der Waals surface area contributed by atoms with E-state index < -0.39 is 16.0 Å². The first-order chi connectivity index (χ1) is 8.75. The molecule has 0 aliphatic heterocycles. The summed E-state index contributed by atoms with van der Waals surface area (Å²) in [6, 6.07) is 0. The molecular weight excluding hydrogens is 268 g/mol. The van der Waals surface area contributed by atoms with Gasteiger partial charge in [-0.05, 0) is 32.6 Å². The van der Waals surface area contributed by atoms with Crippen LogP contribution in [-0.4, -0.2) is 42.4 Å². The van der Waals surface area contributed by atoms with Crippen LogP contribution in [-0.2, 0) is 10.0 Å². The van der Waals surface area contributed by atoms with Gasteiger partial charge in [-0.15, -0.1) is 0 Å². The minimum Gasteiger partial charge on any atom is -0.477 e. The third kappa shape index (κ3) is 2.52. The van der Waals surface area contributed by atoms with Crippen molar-refractivity contribution >= 4 is 16.0 Å². The highest BCUT2D eigenvalue weighted by Crippen LogP contribution is 2.32. The Labute approximate surface area is 112 Å². The molecule has 7 heteroatoms. The smallest absolute Gasteiger partial charge is 0.352 e. The van der Waals surface area contributed by atoms with E-state index in [0.717, 1.165) is 12.8 Å². The normalized spacial score (nSPS) is 16.0. The lowest BCUT2D eigenvalue weighted by Gasteiger charge is -2.17. The number of aromatic nitrogens is 1. The van der Waals surface area contributed by atoms with Crippen LogP contribution in [0.5, 0.6) is 0 Å². The maximum Gasteiger partial charge on any atom is 0.352 e. The first kappa shape index (κ1) is 14.1. The average Bonchev–Trinajstić information content (AvgIpc) is 3.03. The fraction of sp³-hybridized carbons (Fsp3) is 0.583. The summed E-state index contributed by atoms with van der Waals surface area (Å²) in [5.74, 6) is -0.704. The number of rotatable bonds is 5. The van der Waals surface area contributed by atoms with Crippen molar-refractivity contribution < 1.29 is 18.3 Å². The highest BCUT2D eigenvalue weighted by Gasteiger charge is 2.33. The molecule has 2 rings (SSSR count). The molecule has 1 aromatic heterocycles. The molecule has 0 atom stereocenters. The van der Waals surface area contributed by atoms with Crippen LogP contribution in [0.4, 0.5) is 0 Å². The van der Waals surface area contributed by atoms with Gasteiger partial charge in [0, 0.05) is 24.8 Å². The van der Waals surface area contributed by atoms with Crippen LogP contribution in [0.1, 0.15) is 34.6 Å². The summed E-state index contributed by atoms with van der Waals surface area (Å²) in [5.41, 5.74) is 0.584. The van der Waals surface area contributed by atoms with Crippen LogP contribution in [0.2, 0.25) is 0 Å². The fourth-order valence-corrected chi connectivity index (χ4v) is 3.90. The van der Waals surface area contributed by atoms with Gasteiger partial charge in [-0.2, -0.15) is 0 Å². The van der Waals surface area contributed by atoms with Gasteiger partial charge in [0.2, 0.25) is 10.0 Å². The Morgan fingerprint density at radius 2 is 2.00 bits per heavy atom. The van der Waals surface area contributed by atoms with Crippen molar-refractivity contribution in [2.24, 2.45) is 5.92 Å². The van der Waals surface area contributed by atoms with Gasteiger partial charge < -0.3 is 10.1 Å². The van der Waals surface area contributed by atoms with Gasteiger partial charge >= 0.3 is 5.97 Å². The molecule has 0 spiro atoms. The van der Waals surface area contributed by atoms with Gasteiger partial charge in [0.25, 0.3) is 0 Å². The number of nitrogens with one attached hydrogen (secondary N) is 1. The Morgan fingerprint density at radius 1 is 1.42 bits per heavy atom. The molecule has 1 heterocycles. The highest BCUT2D eigenvalue weighted by molar-refractivity contribution is 7.89. The van der Waals surface area contributed by atoms with Gasteiger partial charge in [0.1, 0.15) is 10.6 Å². The van der Waals surface area contributed by atoms with Crippen molar-refractivity contribution in [3.05, 3.63) is 17.0 Å². The zero-order chi connectivity index (χ0) is 14.4. The lowest BCUT2D eigenvalue weighted by Crippen LogP contribution is -2.29. The van der Waals surface area contributed by atoms with Gasteiger partial charge in [0.05, 0.1) is 0 Å². The van der Waals surface area contributed by atoms with Gasteiger partial charge in [-0.25, -0.2) is 17.5 Å². The number of H-pyrrole nitrogens is 1. The van der Waals surface area contributed by atoms with Crippen molar-refractivity contribution in [2.75, 3.05) is 13.6 Å². The number of carboxylic acids is 1. The Balaban J connectivity index is 2.42. The van der Waals surface area contributed by atoms with Crippen LogP contribution in [0.15, 0.2) is 4.90 Å². The van der Waals surface area contributed by atoms with Crippen molar-refractivity contribution in [1.29, 1.82) is 0 Å². The van der Waals surface area contributed by atoms with Crippen LogP contribution in [0.25, 0.3) is 0 Å². The van der Waals surface area contributed by atoms with Crippen LogP contribution in [0.3, 0.4) is 0 Å². The zero-order valence-corrected chi connectivity index (χ0v) is 12.0. The van der Waals surface area contributed by atoms with E-state index in [-0.39, 0.29) is 16.2 Å². The summed E-state index contributed by atoms with van der Waals surface area (Å²) >= 11 is 0. The predicted molar refractivity (Wildman–Crippen MR) is 69.8 cm³/mol. The third-order valence-electron chi connectivity index (χ3n) is 3.46. The second-order valence-electron chi connectivity index (χ2n) is 5.11. The summed E-state index contributed by atoms with van der Waals surface area (Å²) in [6.45, 7) is 3.59. The largest absolute Gasteiger partial charge is 0.477 e. The van der Waals surface area contributed by atoms with Gasteiger partial charge in [-0.3, -0.25) is 0 Å². The number of carboxylic acid groups (broad SMARTS) is 1. The molecule has 0 amide bonds. The molecule has 1 aromatic rings. The summed E-state index contributed by atoms with van der Waals surface area (Å²) in [7, 11) is -2.09. The minimum atomic E-state index is -3.63. The number of sulfonamides is 1. The zero-order valence-electron chi connectivity index (χ0n) is 11.2. The molecule has 106 valence electrons. The second-order valence-corrected chi connectivity index (χ2v) is 7.09. The Morgan fingerprint density at radius 3 is 2.42 bits per heavy atom. The van der Waals surface area contributed by atoms with Crippen molar-refractivity contribution in [1.82, 2.24) is 9.29 Å². The van der Waals surface area contributed by atoms with Gasteiger partial charge in [-0.1, -0.05) is 0 Å². The van der Waals surface area contributed by atoms with E-state index in [0.29, 0.717) is 18.2 Å². The number of aromatic carboxylic acids is 1. The van der Waals surface area contributed by atoms with Crippen molar-refractivity contribution in [3.8, 4) is 0 Å². The first-order valence-corrected chi connectivity index (χ1v) is 7.58. The standard InChI is InChI=1S/C12H18N2O4S/c1-7-10(12(15)16)13-8(2)11(7)19(17,18)14(3)6-9-4-5-9/h9,13H,4-6H2,1-3H3,(H,15,16). The van der Waals surface area contributed by atoms with E-state index in [1.807, 2.05) is 0 Å². The van der Waals surface area contributed by atoms with E-state index in [2.05, 4.69) is 4.98 Å². The molecule has 1 fully saturated rings. The summed E-state index contributed by atoms with van der Waals surface area (Å²) in [6.07, 6.45) is 2.12. The molecule has 0 radical (unpaired) electrons. The summed E-state index contributed by atoms with van der Waals surface area (Å²) < 4.78 is 26.3. The molecule has 0 aromatic carbocycles. The number of aromatic amines is 1. The predicted octanol–water partition coefficient (Wildman–Crippen LogP) is 1.36. The maximum atomic E-state index is 12.5. The van der Waals surface area contributed by atoms with Gasteiger partial charge in [0.15, 0.2) is 0 Å². The summed E-state index contributed by atoms with van der Waals surface area (Å²) in [4.78, 5) is 13.8. The number of nitrogens with zero attached hydrogens (tertiary/aromatic N) is 1. The number of hydrogen-bond donors (Lipinski definition) is 2. The Hall–Kier alpha value is -1.34. The number of aryl methyl sites for hydroxylation is 1. The average molecular weight is 286 g/mol. The van der Waals surface area contributed by atoms with Crippen molar-refractivity contribution in [3.63, 3.8) is 0 Å². The topological polar surface area (TPSA) is 90.5 Å². The van der Waals surface area contributed by atoms with E-state index in [4.69, 9.17) is 5.11 Å². The Bertz CT molecular complexity index is 614. The fourth-order valence-electron chi connectivity index (χ4n) is 2.25. The molecule has 1 aliphatic carbocycles. The molecule has 0 saturated heterocycles. The lowest BCUT2D eigenvalue weighted by molar-refractivity contribution is 0.0690. The first-order valence-electron chi connectivity index (χ1n) is 6.14. The molecule has 0 unspecified atom stereocenters. The molecule has 6 nitrogen and oxygen atoms in total. The molecule has 1 saturated carbocycles. The van der Waals surface area contributed by atoms with E-state index >= 15 is 0 Å².